The first-order chi connectivity index (χ1) is 11.8. The van der Waals surface area contributed by atoms with Crippen LogP contribution in [0.1, 0.15) is 29.5 Å². The Balaban J connectivity index is 2.00. The van der Waals surface area contributed by atoms with Gasteiger partial charge < -0.3 is 9.73 Å². The number of nitrogens with one attached hydrogen (secondary N) is 1. The number of benzene rings is 1. The Kier molecular flexibility index (Phi) is 5.97. The average molecular weight is 364 g/mol. The summed E-state index contributed by atoms with van der Waals surface area (Å²) in [4.78, 5) is 23.2. The van der Waals surface area contributed by atoms with Gasteiger partial charge in [-0.15, -0.1) is 0 Å². The number of Topliss-reactive ketones (excluding diaryl/α,β-unsaturated/α-hetero) is 1. The van der Waals surface area contributed by atoms with Crippen LogP contribution in [0.4, 0.5) is 5.69 Å². The molecular weight excluding hydrogens is 344 g/mol. The number of carbonyl (C=O) groups excluding carboxylic acids is 2. The second-order valence-electron chi connectivity index (χ2n) is 5.54. The summed E-state index contributed by atoms with van der Waals surface area (Å²) in [5.41, 5.74) is 0.903. The van der Waals surface area contributed by atoms with Gasteiger partial charge in [0, 0.05) is 18.5 Å². The zero-order chi connectivity index (χ0) is 18.4. The second-order valence-corrected chi connectivity index (χ2v) is 7.45. The number of anilines is 1. The van der Waals surface area contributed by atoms with E-state index in [-0.39, 0.29) is 31.2 Å². The topological polar surface area (TPSA) is 96.7 Å². The molecule has 0 aliphatic carbocycles. The van der Waals surface area contributed by atoms with E-state index in [1.54, 1.807) is 36.4 Å². The van der Waals surface area contributed by atoms with E-state index in [0.29, 0.717) is 17.0 Å². The minimum Gasteiger partial charge on any atom is -0.467 e. The molecule has 1 heterocycles. The molecular formula is C17H20N2O5S. The first-order valence-electron chi connectivity index (χ1n) is 7.65. The Bertz CT molecular complexity index is 826. The van der Waals surface area contributed by atoms with Gasteiger partial charge in [0.15, 0.2) is 5.78 Å². The van der Waals surface area contributed by atoms with E-state index in [0.717, 1.165) is 10.6 Å². The Hall–Kier alpha value is -2.61. The molecule has 0 bridgehead atoms. The highest BCUT2D eigenvalue weighted by Crippen LogP contribution is 2.19. The highest BCUT2D eigenvalue weighted by Gasteiger charge is 2.19. The van der Waals surface area contributed by atoms with Crippen molar-refractivity contribution in [2.75, 3.05) is 17.1 Å². The van der Waals surface area contributed by atoms with Crippen LogP contribution in [-0.2, 0) is 21.4 Å². The van der Waals surface area contributed by atoms with Gasteiger partial charge in [0.05, 0.1) is 24.8 Å². The fourth-order valence-corrected chi connectivity index (χ4v) is 3.17. The molecule has 2 rings (SSSR count). The quantitative estimate of drug-likeness (QED) is 0.722. The Morgan fingerprint density at radius 1 is 1.16 bits per heavy atom. The van der Waals surface area contributed by atoms with Gasteiger partial charge in [0.2, 0.25) is 15.9 Å². The van der Waals surface area contributed by atoms with Crippen molar-refractivity contribution in [2.24, 2.45) is 0 Å². The zero-order valence-electron chi connectivity index (χ0n) is 14.1. The molecule has 1 aromatic carbocycles. The smallest absolute Gasteiger partial charge is 0.232 e. The molecule has 0 saturated heterocycles. The molecule has 1 N–H and O–H groups in total. The van der Waals surface area contributed by atoms with E-state index in [9.17, 15) is 18.0 Å². The molecule has 1 aromatic heterocycles. The van der Waals surface area contributed by atoms with Gasteiger partial charge in [-0.2, -0.15) is 0 Å². The maximum absolute atomic E-state index is 12.0. The van der Waals surface area contributed by atoms with Crippen LogP contribution < -0.4 is 9.62 Å². The zero-order valence-corrected chi connectivity index (χ0v) is 14.9. The van der Waals surface area contributed by atoms with E-state index >= 15 is 0 Å². The van der Waals surface area contributed by atoms with Crippen molar-refractivity contribution < 1.29 is 22.4 Å². The van der Waals surface area contributed by atoms with Crippen LogP contribution in [-0.4, -0.2) is 32.9 Å². The lowest BCUT2D eigenvalue weighted by Gasteiger charge is -2.22. The molecule has 25 heavy (non-hydrogen) atoms. The largest absolute Gasteiger partial charge is 0.467 e. The summed E-state index contributed by atoms with van der Waals surface area (Å²) < 4.78 is 30.3. The summed E-state index contributed by atoms with van der Waals surface area (Å²) >= 11 is 0. The fraction of sp³-hybridized carbons (Fsp3) is 0.294. The summed E-state index contributed by atoms with van der Waals surface area (Å²) in [6, 6.07) is 9.69. The van der Waals surface area contributed by atoms with Crippen LogP contribution in [0.15, 0.2) is 47.1 Å². The lowest BCUT2D eigenvalue weighted by Crippen LogP contribution is -2.34. The summed E-state index contributed by atoms with van der Waals surface area (Å²) in [6.45, 7) is 1.69. The van der Waals surface area contributed by atoms with E-state index in [2.05, 4.69) is 5.32 Å². The number of carbonyl (C=O) groups is 2. The number of hydrogen-bond acceptors (Lipinski definition) is 5. The van der Waals surface area contributed by atoms with Crippen molar-refractivity contribution in [1.82, 2.24) is 5.32 Å². The van der Waals surface area contributed by atoms with Gasteiger partial charge >= 0.3 is 0 Å². The highest BCUT2D eigenvalue weighted by molar-refractivity contribution is 7.92. The van der Waals surface area contributed by atoms with E-state index in [1.165, 1.54) is 13.2 Å². The van der Waals surface area contributed by atoms with E-state index < -0.39 is 10.0 Å². The standard InChI is InChI=1S/C17H20N2O5S/c1-13(20)14-5-7-15(8-6-14)19(25(2,22)23)10-9-17(21)18-12-16-4-3-11-24-16/h3-8,11H,9-10,12H2,1-2H3,(H,18,21). The van der Waals surface area contributed by atoms with Gasteiger partial charge in [0.1, 0.15) is 5.76 Å². The Labute approximate surface area is 146 Å². The Morgan fingerprint density at radius 2 is 1.84 bits per heavy atom. The molecule has 0 spiro atoms. The summed E-state index contributed by atoms with van der Waals surface area (Å²) in [5, 5.41) is 2.67. The third-order valence-electron chi connectivity index (χ3n) is 3.54. The van der Waals surface area contributed by atoms with Crippen molar-refractivity contribution in [3.63, 3.8) is 0 Å². The number of furan rings is 1. The number of amides is 1. The van der Waals surface area contributed by atoms with Gasteiger partial charge in [0.25, 0.3) is 0 Å². The van der Waals surface area contributed by atoms with E-state index in [4.69, 9.17) is 4.42 Å². The third-order valence-corrected chi connectivity index (χ3v) is 4.74. The SMILES string of the molecule is CC(=O)c1ccc(N(CCC(=O)NCc2ccco2)S(C)(=O)=O)cc1. The fourth-order valence-electron chi connectivity index (χ4n) is 2.24. The van der Waals surface area contributed by atoms with Crippen LogP contribution in [0.25, 0.3) is 0 Å². The molecule has 0 aliphatic rings. The van der Waals surface area contributed by atoms with Gasteiger partial charge in [-0.1, -0.05) is 0 Å². The third kappa shape index (κ3) is 5.46. The molecule has 8 heteroatoms. The molecule has 0 radical (unpaired) electrons. The van der Waals surface area contributed by atoms with Gasteiger partial charge in [-0.05, 0) is 43.3 Å². The normalized spacial score (nSPS) is 11.1. The average Bonchev–Trinajstić information content (AvgIpc) is 3.05. The molecule has 134 valence electrons. The lowest BCUT2D eigenvalue weighted by atomic mass is 10.1. The summed E-state index contributed by atoms with van der Waals surface area (Å²) in [7, 11) is -3.55. The minimum atomic E-state index is -3.55. The number of nitrogens with zero attached hydrogens (tertiary/aromatic N) is 1. The van der Waals surface area contributed by atoms with Gasteiger partial charge in [-0.3, -0.25) is 13.9 Å². The van der Waals surface area contributed by atoms with Crippen LogP contribution in [0, 0.1) is 0 Å². The highest BCUT2D eigenvalue weighted by atomic mass is 32.2. The second kappa shape index (κ2) is 7.98. The van der Waals surface area contributed by atoms with Crippen molar-refractivity contribution in [2.45, 2.75) is 19.9 Å². The monoisotopic (exact) mass is 364 g/mol. The molecule has 0 saturated carbocycles. The van der Waals surface area contributed by atoms with Crippen molar-refractivity contribution in [3.8, 4) is 0 Å². The lowest BCUT2D eigenvalue weighted by molar-refractivity contribution is -0.121. The first kappa shape index (κ1) is 18.7. The predicted molar refractivity (Wildman–Crippen MR) is 93.8 cm³/mol. The van der Waals surface area contributed by atoms with E-state index in [1.807, 2.05) is 0 Å². The minimum absolute atomic E-state index is 0.00222. The van der Waals surface area contributed by atoms with Gasteiger partial charge in [-0.25, -0.2) is 8.42 Å². The summed E-state index contributed by atoms with van der Waals surface area (Å²) in [6.07, 6.45) is 2.59. The maximum Gasteiger partial charge on any atom is 0.232 e. The van der Waals surface area contributed by atoms with Crippen LogP contribution in [0.5, 0.6) is 0 Å². The molecule has 0 unspecified atom stereocenters. The van der Waals surface area contributed by atoms with Crippen molar-refractivity contribution in [1.29, 1.82) is 0 Å². The van der Waals surface area contributed by atoms with Crippen molar-refractivity contribution in [3.05, 3.63) is 54.0 Å². The molecule has 2 aromatic rings. The molecule has 1 amide bonds. The molecule has 0 fully saturated rings. The molecule has 0 aliphatic heterocycles. The number of hydrogen-bond donors (Lipinski definition) is 1. The van der Waals surface area contributed by atoms with Crippen LogP contribution in [0.3, 0.4) is 0 Å². The number of ketones is 1. The van der Waals surface area contributed by atoms with Crippen LogP contribution in [0.2, 0.25) is 0 Å². The molecule has 0 atom stereocenters. The number of rotatable bonds is 8. The number of sulfonamides is 1. The van der Waals surface area contributed by atoms with Crippen LogP contribution >= 0.6 is 0 Å². The van der Waals surface area contributed by atoms with Crippen molar-refractivity contribution >= 4 is 27.4 Å². The maximum atomic E-state index is 12.0. The molecule has 7 nitrogen and oxygen atoms in total. The Morgan fingerprint density at radius 3 is 2.36 bits per heavy atom. The first-order valence-corrected chi connectivity index (χ1v) is 9.50. The predicted octanol–water partition coefficient (Wildman–Crippen LogP) is 1.95. The summed E-state index contributed by atoms with van der Waals surface area (Å²) in [5.74, 6) is 0.230.